The van der Waals surface area contributed by atoms with Crippen LogP contribution in [0.3, 0.4) is 0 Å². The first kappa shape index (κ1) is 16.2. The third-order valence-electron chi connectivity index (χ3n) is 5.27. The van der Waals surface area contributed by atoms with Crippen LogP contribution in [-0.2, 0) is 13.0 Å². The summed E-state index contributed by atoms with van der Waals surface area (Å²) in [7, 11) is 0. The summed E-state index contributed by atoms with van der Waals surface area (Å²) in [6.07, 6.45) is 4.36. The molecule has 1 N–H and O–H groups in total. The molecule has 1 aliphatic heterocycles. The van der Waals surface area contributed by atoms with E-state index in [9.17, 15) is 9.90 Å². The third kappa shape index (κ3) is 2.81. The fourth-order valence-electron chi connectivity index (χ4n) is 3.89. The van der Waals surface area contributed by atoms with Gasteiger partial charge in [0.25, 0.3) is 0 Å². The fourth-order valence-corrected chi connectivity index (χ4v) is 3.89. The normalized spacial score (nSPS) is 15.9. The van der Waals surface area contributed by atoms with Crippen molar-refractivity contribution in [1.82, 2.24) is 4.90 Å². The molecule has 0 aliphatic carbocycles. The average Bonchev–Trinajstić information content (AvgIpc) is 2.65. The van der Waals surface area contributed by atoms with E-state index in [-0.39, 0.29) is 11.4 Å². The van der Waals surface area contributed by atoms with E-state index >= 15 is 0 Å². The van der Waals surface area contributed by atoms with Crippen molar-refractivity contribution in [1.29, 1.82) is 0 Å². The number of likely N-dealkylation sites (tertiary alicyclic amines) is 1. The molecule has 2 heterocycles. The Labute approximate surface area is 146 Å². The van der Waals surface area contributed by atoms with Crippen LogP contribution in [0, 0.1) is 0 Å². The Hall–Kier alpha value is -2.33. The second-order valence-corrected chi connectivity index (χ2v) is 6.87. The Kier molecular flexibility index (Phi) is 4.22. The maximum atomic E-state index is 12.4. The fraction of sp³-hybridized carbons (Fsp3) is 0.381. The van der Waals surface area contributed by atoms with Gasteiger partial charge < -0.3 is 9.52 Å². The highest BCUT2D eigenvalue weighted by atomic mass is 16.4. The molecular formula is C21H23NO3. The van der Waals surface area contributed by atoms with Crippen molar-refractivity contribution in [2.24, 2.45) is 0 Å². The molecule has 4 rings (SSSR count). The van der Waals surface area contributed by atoms with E-state index < -0.39 is 0 Å². The summed E-state index contributed by atoms with van der Waals surface area (Å²) in [5.74, 6) is 0.277. The van der Waals surface area contributed by atoms with Crippen LogP contribution in [0.4, 0.5) is 0 Å². The molecule has 1 aromatic heterocycles. The Morgan fingerprint density at radius 2 is 1.80 bits per heavy atom. The SMILES string of the molecule is CCc1cc2c(oc(=O)c3ccccc32)c(CN2CCCCC2)c1O. The molecule has 0 atom stereocenters. The molecule has 0 amide bonds. The molecule has 1 fully saturated rings. The van der Waals surface area contributed by atoms with Crippen LogP contribution >= 0.6 is 0 Å². The highest BCUT2D eigenvalue weighted by Gasteiger charge is 2.20. The molecule has 1 saturated heterocycles. The van der Waals surface area contributed by atoms with Crippen molar-refractivity contribution >= 4 is 21.7 Å². The first-order valence-corrected chi connectivity index (χ1v) is 9.10. The average molecular weight is 337 g/mol. The van der Waals surface area contributed by atoms with E-state index in [1.165, 1.54) is 19.3 Å². The van der Waals surface area contributed by atoms with Crippen LogP contribution < -0.4 is 5.63 Å². The van der Waals surface area contributed by atoms with Crippen molar-refractivity contribution in [2.75, 3.05) is 13.1 Å². The summed E-state index contributed by atoms with van der Waals surface area (Å²) in [6.45, 7) is 4.70. The van der Waals surface area contributed by atoms with E-state index in [1.807, 2.05) is 31.2 Å². The van der Waals surface area contributed by atoms with Crippen LogP contribution in [0.2, 0.25) is 0 Å². The summed E-state index contributed by atoms with van der Waals surface area (Å²) in [6, 6.07) is 9.50. The van der Waals surface area contributed by atoms with E-state index in [0.717, 1.165) is 41.4 Å². The summed E-state index contributed by atoms with van der Waals surface area (Å²) in [5, 5.41) is 13.2. The number of fused-ring (bicyclic) bond motifs is 3. The van der Waals surface area contributed by atoms with E-state index in [4.69, 9.17) is 4.42 Å². The molecule has 25 heavy (non-hydrogen) atoms. The summed E-state index contributed by atoms with van der Waals surface area (Å²) >= 11 is 0. The summed E-state index contributed by atoms with van der Waals surface area (Å²) < 4.78 is 5.69. The molecule has 2 aromatic carbocycles. The zero-order chi connectivity index (χ0) is 17.4. The zero-order valence-electron chi connectivity index (χ0n) is 14.5. The number of piperidine rings is 1. The van der Waals surface area contributed by atoms with Gasteiger partial charge in [-0.05, 0) is 55.4 Å². The number of benzene rings is 2. The van der Waals surface area contributed by atoms with Crippen molar-refractivity contribution in [2.45, 2.75) is 39.2 Å². The van der Waals surface area contributed by atoms with Crippen LogP contribution in [-0.4, -0.2) is 23.1 Å². The van der Waals surface area contributed by atoms with Gasteiger partial charge in [0, 0.05) is 11.9 Å². The van der Waals surface area contributed by atoms with Gasteiger partial charge in [-0.3, -0.25) is 4.90 Å². The number of nitrogens with zero attached hydrogens (tertiary/aromatic N) is 1. The molecule has 0 spiro atoms. The number of phenols is 1. The van der Waals surface area contributed by atoms with Crippen molar-refractivity contribution in [3.05, 3.63) is 51.9 Å². The minimum Gasteiger partial charge on any atom is -0.507 e. The zero-order valence-corrected chi connectivity index (χ0v) is 14.5. The van der Waals surface area contributed by atoms with Gasteiger partial charge in [0.05, 0.1) is 10.9 Å². The molecule has 0 radical (unpaired) electrons. The van der Waals surface area contributed by atoms with Crippen LogP contribution in [0.1, 0.15) is 37.3 Å². The van der Waals surface area contributed by atoms with Gasteiger partial charge in [0.15, 0.2) is 0 Å². The standard InChI is InChI=1S/C21H23NO3/c1-2-14-12-17-15-8-4-5-9-16(15)21(24)25-20(17)18(19(14)23)13-22-10-6-3-7-11-22/h4-5,8-9,12,23H,2-3,6-7,10-11,13H2,1H3. The van der Waals surface area contributed by atoms with Crippen LogP contribution in [0.5, 0.6) is 5.75 Å². The van der Waals surface area contributed by atoms with Crippen molar-refractivity contribution < 1.29 is 9.52 Å². The molecule has 1 aliphatic rings. The molecule has 0 bridgehead atoms. The van der Waals surface area contributed by atoms with Gasteiger partial charge in [-0.1, -0.05) is 31.5 Å². The predicted octanol–water partition coefficient (Wildman–Crippen LogP) is 4.20. The van der Waals surface area contributed by atoms with Gasteiger partial charge in [0.1, 0.15) is 11.3 Å². The van der Waals surface area contributed by atoms with Crippen LogP contribution in [0.15, 0.2) is 39.5 Å². The quantitative estimate of drug-likeness (QED) is 0.575. The molecule has 0 unspecified atom stereocenters. The van der Waals surface area contributed by atoms with E-state index in [1.54, 1.807) is 6.07 Å². The number of aromatic hydroxyl groups is 1. The third-order valence-corrected chi connectivity index (χ3v) is 5.27. The van der Waals surface area contributed by atoms with Gasteiger partial charge in [-0.2, -0.15) is 0 Å². The lowest BCUT2D eigenvalue weighted by atomic mass is 9.98. The number of rotatable bonds is 3. The van der Waals surface area contributed by atoms with E-state index in [0.29, 0.717) is 17.5 Å². The molecule has 4 heteroatoms. The molecule has 130 valence electrons. The monoisotopic (exact) mass is 337 g/mol. The maximum Gasteiger partial charge on any atom is 0.344 e. The Balaban J connectivity index is 1.98. The second-order valence-electron chi connectivity index (χ2n) is 6.87. The van der Waals surface area contributed by atoms with Gasteiger partial charge >= 0.3 is 5.63 Å². The molecular weight excluding hydrogens is 314 g/mol. The second kappa shape index (κ2) is 6.52. The summed E-state index contributed by atoms with van der Waals surface area (Å²) in [5.41, 5.74) is 1.84. The Morgan fingerprint density at radius 3 is 2.52 bits per heavy atom. The largest absolute Gasteiger partial charge is 0.507 e. The number of phenolic OH excluding ortho intramolecular Hbond substituents is 1. The predicted molar refractivity (Wildman–Crippen MR) is 100 cm³/mol. The van der Waals surface area contributed by atoms with E-state index in [2.05, 4.69) is 4.90 Å². The van der Waals surface area contributed by atoms with Crippen LogP contribution in [0.25, 0.3) is 21.7 Å². The molecule has 3 aromatic rings. The first-order chi connectivity index (χ1) is 12.2. The van der Waals surface area contributed by atoms with Crippen molar-refractivity contribution in [3.8, 4) is 5.75 Å². The minimum atomic E-state index is -0.341. The molecule has 4 nitrogen and oxygen atoms in total. The lowest BCUT2D eigenvalue weighted by molar-refractivity contribution is 0.218. The number of hydrogen-bond donors (Lipinski definition) is 1. The number of hydrogen-bond acceptors (Lipinski definition) is 4. The maximum absolute atomic E-state index is 12.4. The molecule has 0 saturated carbocycles. The van der Waals surface area contributed by atoms with Crippen molar-refractivity contribution in [3.63, 3.8) is 0 Å². The lowest BCUT2D eigenvalue weighted by Gasteiger charge is -2.27. The highest BCUT2D eigenvalue weighted by Crippen LogP contribution is 2.35. The Morgan fingerprint density at radius 1 is 1.08 bits per heavy atom. The van der Waals surface area contributed by atoms with Gasteiger partial charge in [-0.25, -0.2) is 4.79 Å². The number of aryl methyl sites for hydroxylation is 1. The lowest BCUT2D eigenvalue weighted by Crippen LogP contribution is -2.29. The van der Waals surface area contributed by atoms with Gasteiger partial charge in [-0.15, -0.1) is 0 Å². The first-order valence-electron chi connectivity index (χ1n) is 9.10. The smallest absolute Gasteiger partial charge is 0.344 e. The minimum absolute atomic E-state index is 0.277. The van der Waals surface area contributed by atoms with Gasteiger partial charge in [0.2, 0.25) is 0 Å². The highest BCUT2D eigenvalue weighted by molar-refractivity contribution is 6.06. The Bertz CT molecular complexity index is 984. The summed E-state index contributed by atoms with van der Waals surface area (Å²) in [4.78, 5) is 14.8. The topological polar surface area (TPSA) is 53.7 Å².